The predicted octanol–water partition coefficient (Wildman–Crippen LogP) is 5.19. The number of aromatic nitrogens is 2. The monoisotopic (exact) mass is 428 g/mol. The van der Waals surface area contributed by atoms with Crippen molar-refractivity contribution in [1.82, 2.24) is 9.55 Å². The molecule has 0 spiro atoms. The van der Waals surface area contributed by atoms with Crippen LogP contribution in [0.3, 0.4) is 0 Å². The Morgan fingerprint density at radius 1 is 1.11 bits per heavy atom. The van der Waals surface area contributed by atoms with E-state index in [0.717, 1.165) is 29.3 Å². The van der Waals surface area contributed by atoms with Gasteiger partial charge in [-0.05, 0) is 96.7 Å². The number of fused-ring (bicyclic) bond motifs is 4. The lowest BCUT2D eigenvalue weighted by atomic mass is 9.28. The maximum absolute atomic E-state index is 12.3. The second-order valence-electron chi connectivity index (χ2n) is 9.83. The van der Waals surface area contributed by atoms with Gasteiger partial charge < -0.3 is 9.30 Å². The molecule has 4 nitrogen and oxygen atoms in total. The highest BCUT2D eigenvalue weighted by Crippen LogP contribution is 2.82. The molecule has 4 bridgehead atoms. The number of pyridine rings is 1. The van der Waals surface area contributed by atoms with Crippen LogP contribution in [0.2, 0.25) is 0 Å². The summed E-state index contributed by atoms with van der Waals surface area (Å²) in [6.07, 6.45) is 14.8. The highest BCUT2D eigenvalue weighted by molar-refractivity contribution is 9.10. The van der Waals surface area contributed by atoms with Crippen molar-refractivity contribution in [3.63, 3.8) is 0 Å². The zero-order chi connectivity index (χ0) is 18.5. The summed E-state index contributed by atoms with van der Waals surface area (Å²) in [5, 5.41) is 0. The Kier molecular flexibility index (Phi) is 3.05. The first-order chi connectivity index (χ1) is 13.0. The molecule has 2 aromatic heterocycles. The average molecular weight is 429 g/mol. The third kappa shape index (κ3) is 1.85. The van der Waals surface area contributed by atoms with E-state index < -0.39 is 0 Å². The fourth-order valence-corrected chi connectivity index (χ4v) is 7.77. The third-order valence-electron chi connectivity index (χ3n) is 9.01. The lowest BCUT2D eigenvalue weighted by Crippen LogP contribution is -2.74. The summed E-state index contributed by atoms with van der Waals surface area (Å²) in [6, 6.07) is 4.36. The van der Waals surface area contributed by atoms with Crippen LogP contribution < -0.4 is 0 Å². The van der Waals surface area contributed by atoms with E-state index in [1.807, 2.05) is 6.20 Å². The molecule has 6 saturated carbocycles. The van der Waals surface area contributed by atoms with Crippen LogP contribution in [0.5, 0.6) is 0 Å². The van der Waals surface area contributed by atoms with Crippen LogP contribution in [0.1, 0.15) is 57.8 Å². The van der Waals surface area contributed by atoms with Gasteiger partial charge in [-0.15, -0.1) is 0 Å². The smallest absolute Gasteiger partial charge is 0.311 e. The van der Waals surface area contributed by atoms with Gasteiger partial charge in [-0.3, -0.25) is 9.78 Å². The molecule has 27 heavy (non-hydrogen) atoms. The largest absolute Gasteiger partial charge is 0.469 e. The van der Waals surface area contributed by atoms with E-state index in [9.17, 15) is 4.79 Å². The SMILES string of the molecule is COC(=O)C12CCC(C34CC(n5ccc6ncc(Br)cc65)(C3)C4)(CC1)CC2. The van der Waals surface area contributed by atoms with E-state index in [2.05, 4.69) is 43.8 Å². The quantitative estimate of drug-likeness (QED) is 0.631. The van der Waals surface area contributed by atoms with E-state index in [-0.39, 0.29) is 11.4 Å². The van der Waals surface area contributed by atoms with Gasteiger partial charge >= 0.3 is 5.97 Å². The van der Waals surface area contributed by atoms with Gasteiger partial charge in [0.1, 0.15) is 0 Å². The zero-order valence-electron chi connectivity index (χ0n) is 15.8. The Bertz CT molecular complexity index is 934. The Morgan fingerprint density at radius 3 is 2.41 bits per heavy atom. The molecule has 0 aliphatic heterocycles. The number of carbonyl (C=O) groups excluding carboxylic acids is 1. The molecule has 5 heteroatoms. The molecule has 142 valence electrons. The number of hydrogen-bond donors (Lipinski definition) is 0. The van der Waals surface area contributed by atoms with Crippen molar-refractivity contribution >= 4 is 32.9 Å². The zero-order valence-corrected chi connectivity index (χ0v) is 17.3. The predicted molar refractivity (Wildman–Crippen MR) is 106 cm³/mol. The molecule has 0 radical (unpaired) electrons. The number of esters is 1. The summed E-state index contributed by atoms with van der Waals surface area (Å²) in [7, 11) is 1.55. The Balaban J connectivity index is 1.26. The number of methoxy groups -OCH3 is 1. The van der Waals surface area contributed by atoms with Crippen LogP contribution in [-0.4, -0.2) is 22.6 Å². The maximum Gasteiger partial charge on any atom is 0.311 e. The number of carbonyl (C=O) groups is 1. The number of ether oxygens (including phenoxy) is 1. The molecule has 0 N–H and O–H groups in total. The van der Waals surface area contributed by atoms with Crippen LogP contribution in [0.15, 0.2) is 29.0 Å². The highest BCUT2D eigenvalue weighted by atomic mass is 79.9. The summed E-state index contributed by atoms with van der Waals surface area (Å²) in [5.41, 5.74) is 3.50. The minimum absolute atomic E-state index is 0.0433. The number of halogens is 1. The van der Waals surface area contributed by atoms with E-state index in [0.29, 0.717) is 16.4 Å². The van der Waals surface area contributed by atoms with Gasteiger partial charge in [0.25, 0.3) is 0 Å². The van der Waals surface area contributed by atoms with E-state index in [4.69, 9.17) is 4.74 Å². The molecule has 6 aliphatic rings. The Hall–Kier alpha value is -1.36. The molecule has 0 atom stereocenters. The standard InChI is InChI=1S/C22H25BrN2O2/c1-27-18(26)19-3-6-20(7-4-19,8-5-19)21-12-22(13-21,14-21)25-9-2-16-17(25)10-15(23)11-24-16/h2,9-11H,3-8,12-14H2,1H3. The lowest BCUT2D eigenvalue weighted by Gasteiger charge is -2.79. The number of hydrogen-bond acceptors (Lipinski definition) is 3. The van der Waals surface area contributed by atoms with Gasteiger partial charge in [-0.1, -0.05) is 0 Å². The third-order valence-corrected chi connectivity index (χ3v) is 9.44. The molecule has 0 unspecified atom stereocenters. The number of nitrogens with zero attached hydrogens (tertiary/aromatic N) is 2. The van der Waals surface area contributed by atoms with Crippen LogP contribution >= 0.6 is 15.9 Å². The van der Waals surface area contributed by atoms with Crippen molar-refractivity contribution in [1.29, 1.82) is 0 Å². The Labute approximate surface area is 167 Å². The summed E-state index contributed by atoms with van der Waals surface area (Å²) in [4.78, 5) is 16.9. The number of rotatable bonds is 3. The first-order valence-electron chi connectivity index (χ1n) is 10.2. The van der Waals surface area contributed by atoms with Crippen molar-refractivity contribution in [2.45, 2.75) is 63.3 Å². The molecule has 0 saturated heterocycles. The van der Waals surface area contributed by atoms with E-state index in [1.165, 1.54) is 44.0 Å². The van der Waals surface area contributed by atoms with Gasteiger partial charge in [-0.25, -0.2) is 0 Å². The van der Waals surface area contributed by atoms with E-state index >= 15 is 0 Å². The van der Waals surface area contributed by atoms with E-state index in [1.54, 1.807) is 7.11 Å². The summed E-state index contributed by atoms with van der Waals surface area (Å²) >= 11 is 3.58. The van der Waals surface area contributed by atoms with Crippen LogP contribution in [0.25, 0.3) is 11.0 Å². The molecule has 0 aromatic carbocycles. The Morgan fingerprint density at radius 2 is 1.78 bits per heavy atom. The minimum atomic E-state index is -0.160. The van der Waals surface area contributed by atoms with Gasteiger partial charge in [0.05, 0.1) is 23.6 Å². The molecule has 6 fully saturated rings. The first kappa shape index (κ1) is 16.6. The second kappa shape index (κ2) is 4.97. The summed E-state index contributed by atoms with van der Waals surface area (Å²) < 4.78 is 8.69. The molecule has 6 aliphatic carbocycles. The highest BCUT2D eigenvalue weighted by Gasteiger charge is 2.77. The summed E-state index contributed by atoms with van der Waals surface area (Å²) in [6.45, 7) is 0. The van der Waals surface area contributed by atoms with Crippen LogP contribution in [0.4, 0.5) is 0 Å². The average Bonchev–Trinajstić information content (AvgIpc) is 3.03. The molecular formula is C22H25BrN2O2. The van der Waals surface area contributed by atoms with Crippen molar-refractivity contribution in [2.24, 2.45) is 16.2 Å². The fraction of sp³-hybridized carbons (Fsp3) is 0.636. The van der Waals surface area contributed by atoms with Gasteiger partial charge in [0, 0.05) is 22.4 Å². The first-order valence-corrected chi connectivity index (χ1v) is 11.0. The summed E-state index contributed by atoms with van der Waals surface area (Å²) in [5.74, 6) is 0.0433. The minimum Gasteiger partial charge on any atom is -0.469 e. The van der Waals surface area contributed by atoms with Crippen molar-refractivity contribution in [3.05, 3.63) is 29.0 Å². The topological polar surface area (TPSA) is 44.1 Å². The van der Waals surface area contributed by atoms with Crippen molar-refractivity contribution in [2.75, 3.05) is 7.11 Å². The van der Waals surface area contributed by atoms with Gasteiger partial charge in [0.2, 0.25) is 0 Å². The maximum atomic E-state index is 12.3. The molecule has 0 amide bonds. The van der Waals surface area contributed by atoms with Gasteiger partial charge in [0.15, 0.2) is 0 Å². The van der Waals surface area contributed by atoms with Gasteiger partial charge in [-0.2, -0.15) is 0 Å². The molecular weight excluding hydrogens is 404 g/mol. The van der Waals surface area contributed by atoms with Crippen LogP contribution in [0, 0.1) is 16.2 Å². The van der Waals surface area contributed by atoms with Crippen molar-refractivity contribution < 1.29 is 9.53 Å². The molecule has 2 aromatic rings. The fourth-order valence-electron chi connectivity index (χ4n) is 7.46. The molecule has 8 rings (SSSR count). The molecule has 2 heterocycles. The van der Waals surface area contributed by atoms with Crippen LogP contribution in [-0.2, 0) is 15.1 Å². The second-order valence-corrected chi connectivity index (χ2v) is 10.7. The van der Waals surface area contributed by atoms with Crippen molar-refractivity contribution in [3.8, 4) is 0 Å². The normalized spacial score (nSPS) is 41.9. The lowest BCUT2D eigenvalue weighted by molar-refractivity contribution is -0.284.